The van der Waals surface area contributed by atoms with Crippen molar-refractivity contribution in [2.24, 2.45) is 10.9 Å². The largest absolute Gasteiger partial charge is 0.429 e. The Kier molecular flexibility index (Phi) is 9.73. The number of hydrogen-bond donors (Lipinski definition) is 2. The summed E-state index contributed by atoms with van der Waals surface area (Å²) in [7, 11) is -3.56. The van der Waals surface area contributed by atoms with Crippen molar-refractivity contribution in [3.8, 4) is 11.1 Å². The van der Waals surface area contributed by atoms with Crippen LogP contribution in [0, 0.1) is 23.0 Å². The lowest BCUT2D eigenvalue weighted by molar-refractivity contribution is -0.120. The molecule has 1 heterocycles. The van der Waals surface area contributed by atoms with Crippen LogP contribution < -0.4 is 5.32 Å². The molecular weight excluding hydrogens is 591 g/mol. The molecule has 0 spiro atoms. The minimum absolute atomic E-state index is 0.0508. The van der Waals surface area contributed by atoms with Gasteiger partial charge in [0.25, 0.3) is 0 Å². The third kappa shape index (κ3) is 8.31. The Labute approximate surface area is 245 Å². The van der Waals surface area contributed by atoms with E-state index in [0.29, 0.717) is 30.0 Å². The first-order valence-corrected chi connectivity index (χ1v) is 15.3. The average molecular weight is 621 g/mol. The maximum Gasteiger partial charge on any atom is 0.429 e. The highest BCUT2D eigenvalue weighted by Gasteiger charge is 2.41. The minimum Gasteiger partial charge on any atom is -0.346 e. The summed E-state index contributed by atoms with van der Waals surface area (Å²) < 4.78 is 92.2. The second kappa shape index (κ2) is 13.1. The summed E-state index contributed by atoms with van der Waals surface area (Å²) in [6.07, 6.45) is -0.996. The van der Waals surface area contributed by atoms with Gasteiger partial charge in [-0.15, -0.1) is 0 Å². The Morgan fingerprint density at radius 3 is 2.49 bits per heavy atom. The van der Waals surface area contributed by atoms with Crippen molar-refractivity contribution in [1.82, 2.24) is 10.3 Å². The van der Waals surface area contributed by atoms with Crippen molar-refractivity contribution in [3.05, 3.63) is 83.7 Å². The number of halogens is 5. The molecule has 2 aromatic carbocycles. The second-order valence-electron chi connectivity index (χ2n) is 10.4. The number of aliphatic imine (C=N–C) groups is 1. The van der Waals surface area contributed by atoms with Crippen LogP contribution in [0.25, 0.3) is 11.1 Å². The first-order chi connectivity index (χ1) is 20.2. The highest BCUT2D eigenvalue weighted by molar-refractivity contribution is 7.90. The summed E-state index contributed by atoms with van der Waals surface area (Å²) in [5.41, 5.74) is 0.115. The predicted molar refractivity (Wildman–Crippen MR) is 152 cm³/mol. The van der Waals surface area contributed by atoms with Crippen LogP contribution in [0.15, 0.2) is 70.7 Å². The number of pyridine rings is 1. The maximum atomic E-state index is 14.0. The summed E-state index contributed by atoms with van der Waals surface area (Å²) in [4.78, 5) is 21.8. The van der Waals surface area contributed by atoms with Gasteiger partial charge in [-0.3, -0.25) is 20.2 Å². The summed E-state index contributed by atoms with van der Waals surface area (Å²) in [5, 5.41) is 10.3. The molecule has 3 aromatic rings. The number of aromatic nitrogens is 1. The Morgan fingerprint density at radius 1 is 1.09 bits per heavy atom. The molecule has 2 atom stereocenters. The summed E-state index contributed by atoms with van der Waals surface area (Å²) in [5.74, 6) is -3.57. The highest BCUT2D eigenvalue weighted by Crippen LogP contribution is 2.32. The van der Waals surface area contributed by atoms with Crippen LogP contribution in [0.3, 0.4) is 0 Å². The lowest BCUT2D eigenvalue weighted by atomic mass is 9.83. The van der Waals surface area contributed by atoms with E-state index in [1.807, 2.05) is 0 Å². The third-order valence-electron chi connectivity index (χ3n) is 7.10. The molecule has 1 saturated carbocycles. The number of rotatable bonds is 9. The molecule has 2 N–H and O–H groups in total. The molecule has 1 aliphatic carbocycles. The number of benzene rings is 2. The SMILES string of the molecule is CS(=O)(=O)c1cccc(-c2cccnc2C(Cc2cc(F)cc(F)c2)NC(=O)CN=C2CCCCC2C(=N)C(F)(F)F)c1. The number of alkyl halides is 3. The van der Waals surface area contributed by atoms with E-state index < -0.39 is 57.8 Å². The van der Waals surface area contributed by atoms with Gasteiger partial charge in [-0.05, 0) is 67.1 Å². The fourth-order valence-corrected chi connectivity index (χ4v) is 5.79. The lowest BCUT2D eigenvalue weighted by Crippen LogP contribution is -2.37. The molecular formula is C30H29F5N4O3S. The van der Waals surface area contributed by atoms with Crippen LogP contribution in [0.1, 0.15) is 43.0 Å². The lowest BCUT2D eigenvalue weighted by Gasteiger charge is -2.26. The van der Waals surface area contributed by atoms with Crippen molar-refractivity contribution in [2.45, 2.75) is 49.2 Å². The monoisotopic (exact) mass is 620 g/mol. The molecule has 1 aromatic heterocycles. The number of carbonyl (C=O) groups is 1. The minimum atomic E-state index is -4.81. The molecule has 1 fully saturated rings. The normalized spacial score (nSPS) is 17.4. The number of nitrogens with one attached hydrogen (secondary N) is 2. The van der Waals surface area contributed by atoms with Gasteiger partial charge in [0.2, 0.25) is 5.91 Å². The van der Waals surface area contributed by atoms with Crippen LogP contribution in [0.4, 0.5) is 22.0 Å². The van der Waals surface area contributed by atoms with Gasteiger partial charge in [0.15, 0.2) is 9.84 Å². The van der Waals surface area contributed by atoms with Gasteiger partial charge in [0, 0.05) is 35.7 Å². The second-order valence-corrected chi connectivity index (χ2v) is 12.4. The molecule has 0 saturated heterocycles. The van der Waals surface area contributed by atoms with E-state index >= 15 is 0 Å². The Morgan fingerprint density at radius 2 is 1.81 bits per heavy atom. The molecule has 4 rings (SSSR count). The molecule has 0 bridgehead atoms. The molecule has 2 unspecified atom stereocenters. The maximum absolute atomic E-state index is 14.0. The zero-order valence-electron chi connectivity index (χ0n) is 23.1. The molecule has 1 aliphatic rings. The van der Waals surface area contributed by atoms with Gasteiger partial charge in [-0.25, -0.2) is 17.2 Å². The highest BCUT2D eigenvalue weighted by atomic mass is 32.2. The summed E-state index contributed by atoms with van der Waals surface area (Å²) >= 11 is 0. The van der Waals surface area contributed by atoms with Crippen LogP contribution in [0.5, 0.6) is 0 Å². The van der Waals surface area contributed by atoms with Crippen molar-refractivity contribution >= 4 is 27.2 Å². The first kappa shape index (κ1) is 31.9. The van der Waals surface area contributed by atoms with Gasteiger partial charge >= 0.3 is 6.18 Å². The quantitative estimate of drug-likeness (QED) is 0.224. The number of sulfone groups is 1. The topological polar surface area (TPSA) is 112 Å². The van der Waals surface area contributed by atoms with E-state index in [1.165, 1.54) is 18.3 Å². The predicted octanol–water partition coefficient (Wildman–Crippen LogP) is 6.04. The van der Waals surface area contributed by atoms with E-state index in [9.17, 15) is 35.2 Å². The first-order valence-electron chi connectivity index (χ1n) is 13.4. The van der Waals surface area contributed by atoms with Crippen LogP contribution in [-0.4, -0.2) is 49.7 Å². The van der Waals surface area contributed by atoms with Gasteiger partial charge < -0.3 is 5.32 Å². The summed E-state index contributed by atoms with van der Waals surface area (Å²) in [6.45, 7) is -0.531. The van der Waals surface area contributed by atoms with E-state index in [2.05, 4.69) is 15.3 Å². The van der Waals surface area contributed by atoms with E-state index in [-0.39, 0.29) is 41.1 Å². The third-order valence-corrected chi connectivity index (χ3v) is 8.21. The van der Waals surface area contributed by atoms with Gasteiger partial charge in [-0.2, -0.15) is 13.2 Å². The van der Waals surface area contributed by atoms with E-state index in [1.54, 1.807) is 24.3 Å². The number of hydrogen-bond acceptors (Lipinski definition) is 6. The van der Waals surface area contributed by atoms with Gasteiger partial charge in [-0.1, -0.05) is 24.6 Å². The fourth-order valence-electron chi connectivity index (χ4n) is 5.12. The molecule has 0 aliphatic heterocycles. The molecule has 228 valence electrons. The standard InChI is InChI=1S/C30H29F5N4O3S/c1-43(41,42)22-7-4-6-19(15-22)23-9-5-11-37-28(23)26(14-18-12-20(31)16-21(32)13-18)39-27(40)17-38-25-10-3-2-8-24(25)29(36)30(33,34)35/h4-7,9,11-13,15-16,24,26,36H,2-3,8,10,14,17H2,1H3,(H,39,40). The zero-order chi connectivity index (χ0) is 31.4. The molecule has 1 amide bonds. The number of amides is 1. The average Bonchev–Trinajstić information content (AvgIpc) is 2.94. The number of carbonyl (C=O) groups excluding carboxylic acids is 1. The van der Waals surface area contributed by atoms with Crippen LogP contribution >= 0.6 is 0 Å². The molecule has 43 heavy (non-hydrogen) atoms. The fraction of sp³-hybridized carbons (Fsp3) is 0.333. The Balaban J connectivity index is 1.68. The van der Waals surface area contributed by atoms with Crippen LogP contribution in [-0.2, 0) is 21.1 Å². The molecule has 7 nitrogen and oxygen atoms in total. The van der Waals surface area contributed by atoms with Gasteiger partial charge in [0.05, 0.1) is 16.6 Å². The van der Waals surface area contributed by atoms with E-state index in [0.717, 1.165) is 18.4 Å². The zero-order valence-corrected chi connectivity index (χ0v) is 23.9. The number of nitrogens with zero attached hydrogens (tertiary/aromatic N) is 2. The Bertz CT molecular complexity index is 1640. The van der Waals surface area contributed by atoms with Crippen LogP contribution in [0.2, 0.25) is 0 Å². The summed E-state index contributed by atoms with van der Waals surface area (Å²) in [6, 6.07) is 11.3. The van der Waals surface area contributed by atoms with Crippen molar-refractivity contribution in [2.75, 3.05) is 12.8 Å². The van der Waals surface area contributed by atoms with E-state index in [4.69, 9.17) is 5.41 Å². The van der Waals surface area contributed by atoms with Crippen molar-refractivity contribution in [1.29, 1.82) is 5.41 Å². The van der Waals surface area contributed by atoms with Gasteiger partial charge in [0.1, 0.15) is 23.9 Å². The van der Waals surface area contributed by atoms with Crippen molar-refractivity contribution < 1.29 is 35.2 Å². The molecule has 0 radical (unpaired) electrons. The molecule has 13 heteroatoms. The van der Waals surface area contributed by atoms with Crippen molar-refractivity contribution in [3.63, 3.8) is 0 Å². The Hall–Kier alpha value is -4.00. The smallest absolute Gasteiger partial charge is 0.346 e.